The normalized spacial score (nSPS) is 17.5. The molecule has 0 amide bonds. The Kier molecular flexibility index (Phi) is 13.8. The zero-order chi connectivity index (χ0) is 24.8. The van der Waals surface area contributed by atoms with Crippen LogP contribution < -0.4 is 0 Å². The Morgan fingerprint density at radius 3 is 1.97 bits per heavy atom. The largest absolute Gasteiger partial charge is 0.387 e. The summed E-state index contributed by atoms with van der Waals surface area (Å²) < 4.78 is 1.99. The van der Waals surface area contributed by atoms with Gasteiger partial charge in [0, 0.05) is 0 Å². The summed E-state index contributed by atoms with van der Waals surface area (Å²) >= 11 is 0. The quantitative estimate of drug-likeness (QED) is 0.197. The van der Waals surface area contributed by atoms with E-state index < -0.39 is 5.60 Å². The summed E-state index contributed by atoms with van der Waals surface area (Å²) in [6.07, 6.45) is 21.4. The van der Waals surface area contributed by atoms with E-state index in [4.69, 9.17) is 0 Å². The minimum atomic E-state index is -0.753. The second-order valence-corrected chi connectivity index (χ2v) is 11.4. The average Bonchev–Trinajstić information content (AvgIpc) is 3.24. The summed E-state index contributed by atoms with van der Waals surface area (Å²) in [5, 5.41) is 20.3. The third-order valence-corrected chi connectivity index (χ3v) is 8.63. The summed E-state index contributed by atoms with van der Waals surface area (Å²) in [5.74, 6) is 0. The van der Waals surface area contributed by atoms with Crippen LogP contribution in [-0.4, -0.2) is 25.7 Å². The van der Waals surface area contributed by atoms with Gasteiger partial charge in [-0.2, -0.15) is 0 Å². The molecular formula is C29H57N3O. The van der Waals surface area contributed by atoms with Crippen LogP contribution in [0.4, 0.5) is 0 Å². The lowest BCUT2D eigenvalue weighted by atomic mass is 9.67. The molecule has 0 saturated carbocycles. The van der Waals surface area contributed by atoms with Crippen LogP contribution in [0.15, 0.2) is 6.20 Å². The van der Waals surface area contributed by atoms with Gasteiger partial charge in [0.15, 0.2) is 0 Å². The first-order valence-electron chi connectivity index (χ1n) is 14.3. The third kappa shape index (κ3) is 9.34. The van der Waals surface area contributed by atoms with E-state index >= 15 is 0 Å². The highest BCUT2D eigenvalue weighted by Gasteiger charge is 2.44. The Hall–Kier alpha value is -0.900. The average molecular weight is 464 g/mol. The second-order valence-electron chi connectivity index (χ2n) is 11.4. The SMILES string of the molecule is CCCCCCC(C)(CCCC)CCCCc1cnnn1C[C@](O)(CC)C(C)(CC)CCC. The van der Waals surface area contributed by atoms with Gasteiger partial charge in [-0.15, -0.1) is 5.10 Å². The molecule has 1 rings (SSSR count). The zero-order valence-corrected chi connectivity index (χ0v) is 23.4. The molecule has 1 aromatic heterocycles. The lowest BCUT2D eigenvalue weighted by Gasteiger charge is -2.44. The van der Waals surface area contributed by atoms with Crippen LogP contribution >= 0.6 is 0 Å². The second kappa shape index (κ2) is 15.2. The molecule has 2 unspecified atom stereocenters. The molecule has 0 aromatic carbocycles. The Labute approximate surface area is 206 Å². The number of hydrogen-bond donors (Lipinski definition) is 1. The fourth-order valence-corrected chi connectivity index (χ4v) is 5.69. The van der Waals surface area contributed by atoms with Crippen molar-refractivity contribution in [3.8, 4) is 0 Å². The van der Waals surface area contributed by atoms with Crippen molar-refractivity contribution in [2.24, 2.45) is 10.8 Å². The molecule has 0 fully saturated rings. The minimum Gasteiger partial charge on any atom is -0.387 e. The van der Waals surface area contributed by atoms with Gasteiger partial charge in [-0.1, -0.05) is 105 Å². The Bertz CT molecular complexity index is 630. The maximum atomic E-state index is 11.7. The molecule has 4 nitrogen and oxygen atoms in total. The van der Waals surface area contributed by atoms with Crippen LogP contribution in [0.1, 0.15) is 150 Å². The monoisotopic (exact) mass is 463 g/mol. The smallest absolute Gasteiger partial charge is 0.0893 e. The van der Waals surface area contributed by atoms with Gasteiger partial charge in [0.2, 0.25) is 0 Å². The highest BCUT2D eigenvalue weighted by Crippen LogP contribution is 2.42. The maximum Gasteiger partial charge on any atom is 0.0893 e. The minimum absolute atomic E-state index is 0.0986. The van der Waals surface area contributed by atoms with Crippen LogP contribution in [0.2, 0.25) is 0 Å². The van der Waals surface area contributed by atoms with Crippen LogP contribution in [0, 0.1) is 10.8 Å². The van der Waals surface area contributed by atoms with Crippen LogP contribution in [0.3, 0.4) is 0 Å². The van der Waals surface area contributed by atoms with Crippen molar-refractivity contribution in [3.63, 3.8) is 0 Å². The Morgan fingerprint density at radius 1 is 0.758 bits per heavy atom. The summed E-state index contributed by atoms with van der Waals surface area (Å²) in [4.78, 5) is 0. The molecule has 0 bridgehead atoms. The van der Waals surface area contributed by atoms with Crippen molar-refractivity contribution in [1.29, 1.82) is 0 Å². The highest BCUT2D eigenvalue weighted by molar-refractivity contribution is 5.00. The first-order valence-corrected chi connectivity index (χ1v) is 14.3. The number of aliphatic hydroxyl groups is 1. The molecule has 0 saturated heterocycles. The first-order chi connectivity index (χ1) is 15.7. The first kappa shape index (κ1) is 30.1. The van der Waals surface area contributed by atoms with Crippen molar-refractivity contribution < 1.29 is 5.11 Å². The van der Waals surface area contributed by atoms with Gasteiger partial charge in [0.1, 0.15) is 0 Å². The van der Waals surface area contributed by atoms with Crippen molar-refractivity contribution in [2.75, 3.05) is 0 Å². The fourth-order valence-electron chi connectivity index (χ4n) is 5.69. The zero-order valence-electron chi connectivity index (χ0n) is 23.4. The van der Waals surface area contributed by atoms with Crippen LogP contribution in [0.25, 0.3) is 0 Å². The van der Waals surface area contributed by atoms with E-state index in [1.165, 1.54) is 76.3 Å². The number of unbranched alkanes of at least 4 members (excludes halogenated alkanes) is 5. The molecule has 1 N–H and O–H groups in total. The molecule has 3 atom stereocenters. The lowest BCUT2D eigenvalue weighted by molar-refractivity contribution is -0.101. The van der Waals surface area contributed by atoms with Gasteiger partial charge in [-0.05, 0) is 62.2 Å². The lowest BCUT2D eigenvalue weighted by Crippen LogP contribution is -2.49. The summed E-state index contributed by atoms with van der Waals surface area (Å²) in [6, 6.07) is 0. The topological polar surface area (TPSA) is 50.9 Å². The predicted molar refractivity (Wildman–Crippen MR) is 143 cm³/mol. The van der Waals surface area contributed by atoms with E-state index in [-0.39, 0.29) is 5.41 Å². The molecule has 0 aliphatic rings. The van der Waals surface area contributed by atoms with E-state index in [9.17, 15) is 5.11 Å². The molecule has 0 spiro atoms. The van der Waals surface area contributed by atoms with E-state index in [2.05, 4.69) is 58.8 Å². The van der Waals surface area contributed by atoms with Crippen molar-refractivity contribution >= 4 is 0 Å². The van der Waals surface area contributed by atoms with E-state index in [1.807, 2.05) is 10.9 Å². The standard InChI is InChI=1S/C29H57N3O/c1-8-13-15-17-22-27(6,21-14-9-2)23-18-16-19-26-24-30-31-32(26)25-29(33,12-5)28(7,11-4)20-10-3/h24,33H,8-23,25H2,1-7H3/t27?,28?,29-/m1/s1. The van der Waals surface area contributed by atoms with Crippen LogP contribution in [0.5, 0.6) is 0 Å². The summed E-state index contributed by atoms with van der Waals surface area (Å²) in [6.45, 7) is 16.5. The summed E-state index contributed by atoms with van der Waals surface area (Å²) in [5.41, 5.74) is 0.819. The van der Waals surface area contributed by atoms with Gasteiger partial charge < -0.3 is 5.11 Å². The van der Waals surface area contributed by atoms with E-state index in [0.717, 1.165) is 32.1 Å². The van der Waals surface area contributed by atoms with E-state index in [0.29, 0.717) is 12.0 Å². The number of hydrogen-bond acceptors (Lipinski definition) is 3. The van der Waals surface area contributed by atoms with Gasteiger partial charge in [0.05, 0.1) is 24.0 Å². The molecule has 194 valence electrons. The molecular weight excluding hydrogens is 406 g/mol. The van der Waals surface area contributed by atoms with Crippen molar-refractivity contribution in [1.82, 2.24) is 15.0 Å². The van der Waals surface area contributed by atoms with Crippen LogP contribution in [-0.2, 0) is 13.0 Å². The van der Waals surface area contributed by atoms with Crippen molar-refractivity contribution in [3.05, 3.63) is 11.9 Å². The molecule has 4 heteroatoms. The molecule has 33 heavy (non-hydrogen) atoms. The summed E-state index contributed by atoms with van der Waals surface area (Å²) in [7, 11) is 0. The molecule has 0 aliphatic heterocycles. The fraction of sp³-hybridized carbons (Fsp3) is 0.931. The van der Waals surface area contributed by atoms with E-state index in [1.54, 1.807) is 0 Å². The van der Waals surface area contributed by atoms with Gasteiger partial charge in [-0.3, -0.25) is 0 Å². The molecule has 0 aliphatic carbocycles. The number of aromatic nitrogens is 3. The number of aryl methyl sites for hydroxylation is 1. The predicted octanol–water partition coefficient (Wildman–Crippen LogP) is 8.52. The van der Waals surface area contributed by atoms with Gasteiger partial charge in [-0.25, -0.2) is 4.68 Å². The number of nitrogens with zero attached hydrogens (tertiary/aromatic N) is 3. The molecule has 0 radical (unpaired) electrons. The Balaban J connectivity index is 2.70. The maximum absolute atomic E-state index is 11.7. The highest BCUT2D eigenvalue weighted by atomic mass is 16.3. The van der Waals surface area contributed by atoms with Gasteiger partial charge in [0.25, 0.3) is 0 Å². The molecule has 1 aromatic rings. The third-order valence-electron chi connectivity index (χ3n) is 8.63. The number of rotatable bonds is 20. The molecule has 1 heterocycles. The van der Waals surface area contributed by atoms with Gasteiger partial charge >= 0.3 is 0 Å². The Morgan fingerprint density at radius 2 is 1.39 bits per heavy atom. The van der Waals surface area contributed by atoms with Crippen molar-refractivity contribution in [2.45, 2.75) is 163 Å².